The molecule has 1 unspecified atom stereocenters. The molecule has 0 spiro atoms. The summed E-state index contributed by atoms with van der Waals surface area (Å²) in [6.07, 6.45) is 4.29. The summed E-state index contributed by atoms with van der Waals surface area (Å²) < 4.78 is 0. The molecule has 0 bridgehead atoms. The van der Waals surface area contributed by atoms with Gasteiger partial charge in [0.15, 0.2) is 0 Å². The van der Waals surface area contributed by atoms with Crippen molar-refractivity contribution in [3.63, 3.8) is 0 Å². The van der Waals surface area contributed by atoms with Gasteiger partial charge < -0.3 is 0 Å². The van der Waals surface area contributed by atoms with Gasteiger partial charge in [-0.05, 0) is 36.0 Å². The molecule has 0 radical (unpaired) electrons. The molecule has 1 atom stereocenters. The first-order valence-corrected chi connectivity index (χ1v) is 4.81. The smallest absolute Gasteiger partial charge is 0.0351 e. The Labute approximate surface area is 78.8 Å². The fraction of sp³-hybridized carbons (Fsp3) is 1.00. The average molecular weight is 170 g/mol. The molecule has 0 amide bonds. The predicted molar refractivity (Wildman–Crippen MR) is 57.3 cm³/mol. The van der Waals surface area contributed by atoms with Crippen LogP contribution in [0.5, 0.6) is 0 Å². The third-order valence-electron chi connectivity index (χ3n) is 3.19. The Morgan fingerprint density at radius 1 is 1.17 bits per heavy atom. The number of hydrogen-bond donors (Lipinski definition) is 0. The Morgan fingerprint density at radius 3 is 1.83 bits per heavy atom. The molecule has 0 aromatic heterocycles. The molecule has 0 heterocycles. The van der Waals surface area contributed by atoms with E-state index in [0.717, 1.165) is 5.92 Å². The lowest BCUT2D eigenvalue weighted by Gasteiger charge is -2.28. The van der Waals surface area contributed by atoms with E-state index in [4.69, 9.17) is 0 Å². The third kappa shape index (κ3) is 2.80. The lowest BCUT2D eigenvalue weighted by molar-refractivity contribution is 0.223. The first kappa shape index (κ1) is 12.0. The van der Waals surface area contributed by atoms with E-state index >= 15 is 0 Å². The van der Waals surface area contributed by atoms with Crippen molar-refractivity contribution in [3.8, 4) is 0 Å². The van der Waals surface area contributed by atoms with Gasteiger partial charge in [0.1, 0.15) is 0 Å². The molecular formula is C12H26. The van der Waals surface area contributed by atoms with Crippen LogP contribution in [0, 0.1) is 16.7 Å². The van der Waals surface area contributed by atoms with Crippen LogP contribution in [0.25, 0.3) is 0 Å². The molecule has 74 valence electrons. The van der Waals surface area contributed by atoms with E-state index < -0.39 is 0 Å². The van der Waals surface area contributed by atoms with Crippen LogP contribution in [-0.2, 0) is 0 Å². The summed E-state index contributed by atoms with van der Waals surface area (Å²) in [6, 6.07) is 0. The summed E-state index contributed by atoms with van der Waals surface area (Å²) in [4.78, 5) is 0. The standard InChI is InChI=1S/C11H22.CH4/c1-10(2,3)9-6-7-11(4,5)8-9;/h9H,6-8H2,1-5H3;1H4. The average Bonchev–Trinajstić information content (AvgIpc) is 2.07. The topological polar surface area (TPSA) is 0 Å². The van der Waals surface area contributed by atoms with Gasteiger partial charge in [-0.15, -0.1) is 0 Å². The lowest BCUT2D eigenvalue weighted by Crippen LogP contribution is -2.18. The van der Waals surface area contributed by atoms with Crippen LogP contribution in [-0.4, -0.2) is 0 Å². The molecular weight excluding hydrogens is 144 g/mol. The van der Waals surface area contributed by atoms with E-state index in [1.54, 1.807) is 0 Å². The highest BCUT2D eigenvalue weighted by Crippen LogP contribution is 2.48. The zero-order valence-electron chi connectivity index (χ0n) is 8.70. The van der Waals surface area contributed by atoms with Crippen molar-refractivity contribution in [3.05, 3.63) is 0 Å². The molecule has 12 heavy (non-hydrogen) atoms. The second kappa shape index (κ2) is 3.40. The first-order valence-electron chi connectivity index (χ1n) is 4.81. The summed E-state index contributed by atoms with van der Waals surface area (Å²) in [5.74, 6) is 0.956. The van der Waals surface area contributed by atoms with E-state index in [1.807, 2.05) is 0 Å². The van der Waals surface area contributed by atoms with Crippen LogP contribution in [0.1, 0.15) is 61.3 Å². The van der Waals surface area contributed by atoms with Crippen LogP contribution in [0.2, 0.25) is 0 Å². The van der Waals surface area contributed by atoms with Crippen molar-refractivity contribution in [1.29, 1.82) is 0 Å². The summed E-state index contributed by atoms with van der Waals surface area (Å²) in [7, 11) is 0. The normalized spacial score (nSPS) is 28.2. The van der Waals surface area contributed by atoms with Crippen molar-refractivity contribution in [2.45, 2.75) is 61.3 Å². The Kier molecular flexibility index (Phi) is 3.40. The van der Waals surface area contributed by atoms with Crippen LogP contribution >= 0.6 is 0 Å². The minimum absolute atomic E-state index is 0. The summed E-state index contributed by atoms with van der Waals surface area (Å²) in [5, 5.41) is 0. The minimum atomic E-state index is 0. The molecule has 1 saturated carbocycles. The van der Waals surface area contributed by atoms with Gasteiger partial charge in [-0.1, -0.05) is 42.0 Å². The van der Waals surface area contributed by atoms with E-state index in [0.29, 0.717) is 10.8 Å². The fourth-order valence-electron chi connectivity index (χ4n) is 2.18. The quantitative estimate of drug-likeness (QED) is 0.502. The van der Waals surface area contributed by atoms with Crippen LogP contribution in [0.4, 0.5) is 0 Å². The van der Waals surface area contributed by atoms with Gasteiger partial charge in [0, 0.05) is 0 Å². The van der Waals surface area contributed by atoms with Gasteiger partial charge in [0.2, 0.25) is 0 Å². The van der Waals surface area contributed by atoms with Gasteiger partial charge in [-0.25, -0.2) is 0 Å². The Morgan fingerprint density at radius 2 is 1.67 bits per heavy atom. The summed E-state index contributed by atoms with van der Waals surface area (Å²) in [5.41, 5.74) is 1.16. The van der Waals surface area contributed by atoms with Gasteiger partial charge >= 0.3 is 0 Å². The van der Waals surface area contributed by atoms with Gasteiger partial charge in [-0.3, -0.25) is 0 Å². The molecule has 1 fully saturated rings. The molecule has 1 aliphatic carbocycles. The molecule has 1 aliphatic rings. The maximum Gasteiger partial charge on any atom is -0.0351 e. The van der Waals surface area contributed by atoms with Crippen LogP contribution in [0.15, 0.2) is 0 Å². The van der Waals surface area contributed by atoms with Crippen molar-refractivity contribution in [1.82, 2.24) is 0 Å². The zero-order chi connectivity index (χ0) is 8.70. The van der Waals surface area contributed by atoms with E-state index in [9.17, 15) is 0 Å². The minimum Gasteiger partial charge on any atom is -0.0776 e. The second-order valence-corrected chi connectivity index (χ2v) is 5.97. The summed E-state index contributed by atoms with van der Waals surface area (Å²) in [6.45, 7) is 11.9. The third-order valence-corrected chi connectivity index (χ3v) is 3.19. The van der Waals surface area contributed by atoms with Crippen molar-refractivity contribution >= 4 is 0 Å². The molecule has 0 nitrogen and oxygen atoms in total. The van der Waals surface area contributed by atoms with Gasteiger partial charge in [0.05, 0.1) is 0 Å². The first-order chi connectivity index (χ1) is 4.81. The van der Waals surface area contributed by atoms with E-state index in [1.165, 1.54) is 19.3 Å². The highest BCUT2D eigenvalue weighted by Gasteiger charge is 2.36. The molecule has 0 heteroatoms. The van der Waals surface area contributed by atoms with Crippen molar-refractivity contribution in [2.24, 2.45) is 16.7 Å². The Bertz CT molecular complexity index is 137. The van der Waals surface area contributed by atoms with E-state index in [-0.39, 0.29) is 7.43 Å². The predicted octanol–water partition coefficient (Wildman–Crippen LogP) is 4.49. The maximum atomic E-state index is 2.40. The summed E-state index contributed by atoms with van der Waals surface area (Å²) >= 11 is 0. The van der Waals surface area contributed by atoms with Crippen molar-refractivity contribution < 1.29 is 0 Å². The Hall–Kier alpha value is 0. The molecule has 0 aromatic carbocycles. The lowest BCUT2D eigenvalue weighted by atomic mass is 9.78. The van der Waals surface area contributed by atoms with Crippen LogP contribution < -0.4 is 0 Å². The van der Waals surface area contributed by atoms with Crippen molar-refractivity contribution in [2.75, 3.05) is 0 Å². The molecule has 0 saturated heterocycles. The monoisotopic (exact) mass is 170 g/mol. The molecule has 1 rings (SSSR count). The molecule has 0 aromatic rings. The zero-order valence-corrected chi connectivity index (χ0v) is 8.70. The van der Waals surface area contributed by atoms with Crippen LogP contribution in [0.3, 0.4) is 0 Å². The SMILES string of the molecule is C.CC1(C)CCC(C(C)(C)C)C1. The maximum absolute atomic E-state index is 2.40. The van der Waals surface area contributed by atoms with Gasteiger partial charge in [0.25, 0.3) is 0 Å². The largest absolute Gasteiger partial charge is 0.0776 e. The Balaban J connectivity index is 0.00000121. The fourth-order valence-corrected chi connectivity index (χ4v) is 2.18. The highest BCUT2D eigenvalue weighted by atomic mass is 14.4. The highest BCUT2D eigenvalue weighted by molar-refractivity contribution is 4.87. The molecule has 0 aliphatic heterocycles. The number of hydrogen-bond acceptors (Lipinski definition) is 0. The molecule has 0 N–H and O–H groups in total. The van der Waals surface area contributed by atoms with Gasteiger partial charge in [-0.2, -0.15) is 0 Å². The van der Waals surface area contributed by atoms with E-state index in [2.05, 4.69) is 34.6 Å². The number of rotatable bonds is 0. The second-order valence-electron chi connectivity index (χ2n) is 5.97.